The minimum Gasteiger partial charge on any atom is -0.397 e. The van der Waals surface area contributed by atoms with E-state index in [4.69, 9.17) is 5.73 Å². The van der Waals surface area contributed by atoms with Crippen molar-refractivity contribution in [2.45, 2.75) is 4.90 Å². The highest BCUT2D eigenvalue weighted by Crippen LogP contribution is 2.33. The van der Waals surface area contributed by atoms with Gasteiger partial charge in [-0.15, -0.1) is 0 Å². The van der Waals surface area contributed by atoms with Crippen LogP contribution in [0, 0.1) is 0 Å². The Morgan fingerprint density at radius 2 is 2.00 bits per heavy atom. The van der Waals surface area contributed by atoms with E-state index in [2.05, 4.69) is 41.6 Å². The van der Waals surface area contributed by atoms with E-state index >= 15 is 0 Å². The van der Waals surface area contributed by atoms with Gasteiger partial charge >= 0.3 is 0 Å². The van der Waals surface area contributed by atoms with Crippen molar-refractivity contribution < 1.29 is 8.42 Å². The average Bonchev–Trinajstić information content (AvgIpc) is 2.35. The zero-order chi connectivity index (χ0) is 14.0. The van der Waals surface area contributed by atoms with Gasteiger partial charge in [0.1, 0.15) is 4.90 Å². The van der Waals surface area contributed by atoms with Gasteiger partial charge in [0.2, 0.25) is 0 Å². The summed E-state index contributed by atoms with van der Waals surface area (Å²) in [5, 5.41) is 0. The highest BCUT2D eigenvalue weighted by Gasteiger charge is 2.17. The molecule has 2 rings (SSSR count). The first-order chi connectivity index (χ1) is 8.90. The molecular weight excluding hydrogens is 398 g/mol. The van der Waals surface area contributed by atoms with Gasteiger partial charge in [-0.05, 0) is 40.2 Å². The molecule has 0 atom stereocenters. The molecule has 0 aliphatic carbocycles. The van der Waals surface area contributed by atoms with E-state index in [1.54, 1.807) is 18.2 Å². The molecule has 3 N–H and O–H groups in total. The lowest BCUT2D eigenvalue weighted by molar-refractivity contribution is 0.601. The standard InChI is InChI=1S/C11H9Br2N3O2S/c12-7-4-9(13)11(10(14)5-7)16-19(17,18)8-2-1-3-15-6-8/h1-6,16H,14H2. The molecule has 1 heterocycles. The fourth-order valence-corrected chi connectivity index (χ4v) is 3.96. The van der Waals surface area contributed by atoms with Crippen molar-refractivity contribution in [3.8, 4) is 0 Å². The maximum absolute atomic E-state index is 12.2. The molecule has 0 saturated heterocycles. The number of rotatable bonds is 3. The fourth-order valence-electron chi connectivity index (χ4n) is 1.40. The van der Waals surface area contributed by atoms with Crippen LogP contribution in [0.2, 0.25) is 0 Å². The van der Waals surface area contributed by atoms with E-state index in [-0.39, 0.29) is 4.90 Å². The molecule has 0 bridgehead atoms. The van der Waals surface area contributed by atoms with E-state index in [0.717, 1.165) is 4.47 Å². The van der Waals surface area contributed by atoms with Gasteiger partial charge in [0.05, 0.1) is 11.4 Å². The predicted molar refractivity (Wildman–Crippen MR) is 81.3 cm³/mol. The molecule has 1 aromatic carbocycles. The summed E-state index contributed by atoms with van der Waals surface area (Å²) in [6, 6.07) is 6.33. The third kappa shape index (κ3) is 3.26. The molecular formula is C11H9Br2N3O2S. The van der Waals surface area contributed by atoms with Gasteiger partial charge in [0.25, 0.3) is 10.0 Å². The molecule has 0 amide bonds. The van der Waals surface area contributed by atoms with Crippen molar-refractivity contribution in [3.63, 3.8) is 0 Å². The molecule has 0 radical (unpaired) electrons. The van der Waals surface area contributed by atoms with Gasteiger partial charge in [-0.1, -0.05) is 15.9 Å². The summed E-state index contributed by atoms with van der Waals surface area (Å²) in [6.07, 6.45) is 2.77. The lowest BCUT2D eigenvalue weighted by Crippen LogP contribution is -2.14. The molecule has 0 aliphatic heterocycles. The van der Waals surface area contributed by atoms with Crippen LogP contribution >= 0.6 is 31.9 Å². The van der Waals surface area contributed by atoms with E-state index in [0.29, 0.717) is 15.8 Å². The summed E-state index contributed by atoms with van der Waals surface area (Å²) in [4.78, 5) is 3.86. The zero-order valence-corrected chi connectivity index (χ0v) is 13.5. The first-order valence-electron chi connectivity index (χ1n) is 5.07. The van der Waals surface area contributed by atoms with Gasteiger partial charge in [-0.3, -0.25) is 9.71 Å². The molecule has 0 saturated carbocycles. The summed E-state index contributed by atoms with van der Waals surface area (Å²) in [5.74, 6) is 0. The number of nitrogen functional groups attached to an aromatic ring is 1. The number of nitrogens with one attached hydrogen (secondary N) is 1. The number of sulfonamides is 1. The number of nitrogens with zero attached hydrogens (tertiary/aromatic N) is 1. The van der Waals surface area contributed by atoms with Crippen LogP contribution in [0.3, 0.4) is 0 Å². The van der Waals surface area contributed by atoms with Crippen LogP contribution < -0.4 is 10.5 Å². The highest BCUT2D eigenvalue weighted by molar-refractivity contribution is 9.11. The molecule has 100 valence electrons. The summed E-state index contributed by atoms with van der Waals surface area (Å²) < 4.78 is 28.0. The zero-order valence-electron chi connectivity index (χ0n) is 9.47. The monoisotopic (exact) mass is 405 g/mol. The SMILES string of the molecule is Nc1cc(Br)cc(Br)c1NS(=O)(=O)c1cccnc1. The Bertz CT molecular complexity index is 682. The Morgan fingerprint density at radius 3 is 2.58 bits per heavy atom. The smallest absolute Gasteiger partial charge is 0.263 e. The van der Waals surface area contributed by atoms with Crippen LogP contribution in [0.1, 0.15) is 0 Å². The molecule has 0 fully saturated rings. The third-order valence-corrected chi connectivity index (χ3v) is 4.68. The highest BCUT2D eigenvalue weighted by atomic mass is 79.9. The van der Waals surface area contributed by atoms with Gasteiger partial charge in [-0.2, -0.15) is 0 Å². The lowest BCUT2D eigenvalue weighted by atomic mass is 10.3. The maximum Gasteiger partial charge on any atom is 0.263 e. The molecule has 2 aromatic rings. The summed E-state index contributed by atoms with van der Waals surface area (Å²) >= 11 is 6.55. The first-order valence-corrected chi connectivity index (χ1v) is 8.14. The van der Waals surface area contributed by atoms with Gasteiger partial charge in [0, 0.05) is 21.3 Å². The Labute approximate surface area is 127 Å². The molecule has 8 heteroatoms. The summed E-state index contributed by atoms with van der Waals surface area (Å²) in [5.41, 5.74) is 6.42. The first kappa shape index (κ1) is 14.3. The van der Waals surface area contributed by atoms with Crippen molar-refractivity contribution in [2.75, 3.05) is 10.5 Å². The molecule has 1 aromatic heterocycles. The average molecular weight is 407 g/mol. The number of hydrogen-bond donors (Lipinski definition) is 2. The minimum atomic E-state index is -3.71. The van der Waals surface area contributed by atoms with E-state index in [9.17, 15) is 8.42 Å². The van der Waals surface area contributed by atoms with Gasteiger partial charge in [0.15, 0.2) is 0 Å². The van der Waals surface area contributed by atoms with Crippen LogP contribution in [-0.4, -0.2) is 13.4 Å². The molecule has 19 heavy (non-hydrogen) atoms. The van der Waals surface area contributed by atoms with Crippen molar-refractivity contribution in [1.82, 2.24) is 4.98 Å². The van der Waals surface area contributed by atoms with E-state index in [1.165, 1.54) is 18.5 Å². The number of hydrogen-bond acceptors (Lipinski definition) is 4. The minimum absolute atomic E-state index is 0.0734. The molecule has 0 spiro atoms. The molecule has 0 aliphatic rings. The van der Waals surface area contributed by atoms with Crippen molar-refractivity contribution in [1.29, 1.82) is 0 Å². The largest absolute Gasteiger partial charge is 0.397 e. The summed E-state index contributed by atoms with van der Waals surface area (Å²) in [6.45, 7) is 0. The molecule has 5 nitrogen and oxygen atoms in total. The Hall–Kier alpha value is -1.12. The van der Waals surface area contributed by atoms with Crippen LogP contribution in [0.15, 0.2) is 50.5 Å². The quantitative estimate of drug-likeness (QED) is 0.767. The third-order valence-electron chi connectivity index (χ3n) is 2.27. The van der Waals surface area contributed by atoms with Gasteiger partial charge < -0.3 is 5.73 Å². The number of aromatic nitrogens is 1. The Kier molecular flexibility index (Phi) is 4.12. The predicted octanol–water partition coefficient (Wildman–Crippen LogP) is 2.99. The Morgan fingerprint density at radius 1 is 1.26 bits per heavy atom. The number of anilines is 2. The number of halogens is 2. The Balaban J connectivity index is 2.42. The second-order valence-corrected chi connectivity index (χ2v) is 7.10. The second kappa shape index (κ2) is 5.48. The van der Waals surface area contributed by atoms with Crippen LogP contribution in [-0.2, 0) is 10.0 Å². The number of nitrogens with two attached hydrogens (primary N) is 1. The van der Waals surface area contributed by atoms with Crippen molar-refractivity contribution in [2.24, 2.45) is 0 Å². The second-order valence-electron chi connectivity index (χ2n) is 3.65. The van der Waals surface area contributed by atoms with Crippen LogP contribution in [0.4, 0.5) is 11.4 Å². The van der Waals surface area contributed by atoms with Gasteiger partial charge in [-0.25, -0.2) is 8.42 Å². The van der Waals surface area contributed by atoms with Crippen molar-refractivity contribution >= 4 is 53.3 Å². The topological polar surface area (TPSA) is 85.1 Å². The van der Waals surface area contributed by atoms with Crippen molar-refractivity contribution in [3.05, 3.63) is 45.6 Å². The molecule has 0 unspecified atom stereocenters. The fraction of sp³-hybridized carbons (Fsp3) is 0. The maximum atomic E-state index is 12.2. The lowest BCUT2D eigenvalue weighted by Gasteiger charge is -2.12. The van der Waals surface area contributed by atoms with Crippen LogP contribution in [0.5, 0.6) is 0 Å². The van der Waals surface area contributed by atoms with E-state index < -0.39 is 10.0 Å². The number of pyridine rings is 1. The number of benzene rings is 1. The van der Waals surface area contributed by atoms with Crippen LogP contribution in [0.25, 0.3) is 0 Å². The summed E-state index contributed by atoms with van der Waals surface area (Å²) in [7, 11) is -3.71. The van der Waals surface area contributed by atoms with E-state index in [1.807, 2.05) is 0 Å². The normalized spacial score (nSPS) is 11.3.